The Morgan fingerprint density at radius 3 is 2.32 bits per heavy atom. The highest BCUT2D eigenvalue weighted by Gasteiger charge is 2.26. The predicted molar refractivity (Wildman–Crippen MR) is 85.7 cm³/mol. The molecule has 2 atom stereocenters. The highest BCUT2D eigenvalue weighted by Crippen LogP contribution is 2.20. The number of nitrogens with zero attached hydrogens (tertiary/aromatic N) is 1. The summed E-state index contributed by atoms with van der Waals surface area (Å²) in [5, 5.41) is 3.49. The Labute approximate surface area is 121 Å². The SMILES string of the molecule is CCCCCCCCCN1CCC(NC)C(CC)C1. The van der Waals surface area contributed by atoms with Crippen molar-refractivity contribution in [2.24, 2.45) is 5.92 Å². The molecule has 1 fully saturated rings. The van der Waals surface area contributed by atoms with Gasteiger partial charge in [-0.3, -0.25) is 0 Å². The van der Waals surface area contributed by atoms with Gasteiger partial charge in [0.1, 0.15) is 0 Å². The predicted octanol–water partition coefficient (Wildman–Crippen LogP) is 4.06. The van der Waals surface area contributed by atoms with Crippen LogP contribution in [0.3, 0.4) is 0 Å². The molecule has 1 rings (SSSR count). The highest BCUT2D eigenvalue weighted by atomic mass is 15.1. The van der Waals surface area contributed by atoms with Gasteiger partial charge in [0.2, 0.25) is 0 Å². The van der Waals surface area contributed by atoms with Crippen LogP contribution in [0.1, 0.15) is 71.6 Å². The van der Waals surface area contributed by atoms with Gasteiger partial charge in [0.05, 0.1) is 0 Å². The van der Waals surface area contributed by atoms with Crippen molar-refractivity contribution in [3.63, 3.8) is 0 Å². The van der Waals surface area contributed by atoms with Crippen molar-refractivity contribution >= 4 is 0 Å². The van der Waals surface area contributed by atoms with Gasteiger partial charge in [0.25, 0.3) is 0 Å². The van der Waals surface area contributed by atoms with E-state index in [1.165, 1.54) is 77.4 Å². The Bertz CT molecular complexity index is 205. The summed E-state index contributed by atoms with van der Waals surface area (Å²) in [7, 11) is 2.12. The smallest absolute Gasteiger partial charge is 0.0117 e. The summed E-state index contributed by atoms with van der Waals surface area (Å²) in [4.78, 5) is 2.70. The molecule has 1 heterocycles. The lowest BCUT2D eigenvalue weighted by Crippen LogP contribution is -2.48. The summed E-state index contributed by atoms with van der Waals surface area (Å²) >= 11 is 0. The summed E-state index contributed by atoms with van der Waals surface area (Å²) < 4.78 is 0. The average Bonchev–Trinajstić information content (AvgIpc) is 2.46. The maximum Gasteiger partial charge on any atom is 0.0117 e. The van der Waals surface area contributed by atoms with E-state index in [1.54, 1.807) is 0 Å². The zero-order chi connectivity index (χ0) is 13.9. The van der Waals surface area contributed by atoms with Crippen LogP contribution in [0.25, 0.3) is 0 Å². The second-order valence-corrected chi connectivity index (χ2v) is 6.27. The molecule has 0 aliphatic carbocycles. The molecule has 1 saturated heterocycles. The number of nitrogens with one attached hydrogen (secondary N) is 1. The molecule has 2 unspecified atom stereocenters. The van der Waals surface area contributed by atoms with Crippen LogP contribution in [0.15, 0.2) is 0 Å². The fourth-order valence-electron chi connectivity index (χ4n) is 3.40. The second kappa shape index (κ2) is 10.7. The van der Waals surface area contributed by atoms with Crippen LogP contribution in [-0.4, -0.2) is 37.6 Å². The number of piperidine rings is 1. The summed E-state index contributed by atoms with van der Waals surface area (Å²) in [6.07, 6.45) is 12.6. The zero-order valence-corrected chi connectivity index (χ0v) is 13.6. The molecule has 0 saturated carbocycles. The standard InChI is InChI=1S/C17H36N2/c1-4-6-7-8-9-10-11-13-19-14-12-17(18-3)16(5-2)15-19/h16-18H,4-15H2,1-3H3. The molecule has 114 valence electrons. The molecule has 0 amide bonds. The molecular weight excluding hydrogens is 232 g/mol. The van der Waals surface area contributed by atoms with E-state index in [4.69, 9.17) is 0 Å². The molecule has 0 radical (unpaired) electrons. The lowest BCUT2D eigenvalue weighted by atomic mass is 9.90. The molecule has 0 aromatic rings. The fourth-order valence-corrected chi connectivity index (χ4v) is 3.40. The largest absolute Gasteiger partial charge is 0.317 e. The van der Waals surface area contributed by atoms with Gasteiger partial charge in [0, 0.05) is 12.6 Å². The van der Waals surface area contributed by atoms with Crippen molar-refractivity contribution in [1.29, 1.82) is 0 Å². The average molecular weight is 268 g/mol. The minimum Gasteiger partial charge on any atom is -0.317 e. The molecule has 1 aliphatic rings. The van der Waals surface area contributed by atoms with E-state index in [0.29, 0.717) is 0 Å². The van der Waals surface area contributed by atoms with Gasteiger partial charge < -0.3 is 10.2 Å². The van der Waals surface area contributed by atoms with Gasteiger partial charge in [-0.05, 0) is 38.9 Å². The number of hydrogen-bond donors (Lipinski definition) is 1. The molecule has 1 aliphatic heterocycles. The zero-order valence-electron chi connectivity index (χ0n) is 13.6. The van der Waals surface area contributed by atoms with E-state index in [0.717, 1.165) is 12.0 Å². The summed E-state index contributed by atoms with van der Waals surface area (Å²) in [5.74, 6) is 0.864. The normalized spacial score (nSPS) is 24.8. The Morgan fingerprint density at radius 1 is 1.00 bits per heavy atom. The first-order valence-electron chi connectivity index (χ1n) is 8.71. The molecule has 0 spiro atoms. The lowest BCUT2D eigenvalue weighted by molar-refractivity contribution is 0.136. The summed E-state index contributed by atoms with van der Waals surface area (Å²) in [6, 6.07) is 0.760. The van der Waals surface area contributed by atoms with Crippen molar-refractivity contribution < 1.29 is 0 Å². The maximum atomic E-state index is 3.49. The molecule has 1 N–H and O–H groups in total. The topological polar surface area (TPSA) is 15.3 Å². The molecule has 0 bridgehead atoms. The first kappa shape index (κ1) is 17.0. The first-order valence-corrected chi connectivity index (χ1v) is 8.71. The number of unbranched alkanes of at least 4 members (excludes halogenated alkanes) is 6. The van der Waals surface area contributed by atoms with Crippen molar-refractivity contribution in [2.45, 2.75) is 77.7 Å². The van der Waals surface area contributed by atoms with Gasteiger partial charge in [0.15, 0.2) is 0 Å². The Morgan fingerprint density at radius 2 is 1.68 bits per heavy atom. The Balaban J connectivity index is 2.04. The molecule has 0 aromatic carbocycles. The van der Waals surface area contributed by atoms with Gasteiger partial charge in [-0.1, -0.05) is 58.8 Å². The number of rotatable bonds is 10. The number of likely N-dealkylation sites (tertiary alicyclic amines) is 1. The Kier molecular flexibility index (Phi) is 9.54. The fraction of sp³-hybridized carbons (Fsp3) is 1.00. The van der Waals surface area contributed by atoms with E-state index in [2.05, 4.69) is 31.1 Å². The van der Waals surface area contributed by atoms with E-state index in [9.17, 15) is 0 Å². The van der Waals surface area contributed by atoms with Crippen LogP contribution in [0.2, 0.25) is 0 Å². The third-order valence-electron chi connectivity index (χ3n) is 4.79. The van der Waals surface area contributed by atoms with Crippen LogP contribution in [0, 0.1) is 5.92 Å². The van der Waals surface area contributed by atoms with Gasteiger partial charge in [-0.2, -0.15) is 0 Å². The number of hydrogen-bond acceptors (Lipinski definition) is 2. The van der Waals surface area contributed by atoms with E-state index in [1.807, 2.05) is 0 Å². The van der Waals surface area contributed by atoms with Crippen LogP contribution in [-0.2, 0) is 0 Å². The molecule has 2 nitrogen and oxygen atoms in total. The van der Waals surface area contributed by atoms with Crippen molar-refractivity contribution in [3.8, 4) is 0 Å². The first-order chi connectivity index (χ1) is 9.31. The van der Waals surface area contributed by atoms with Crippen molar-refractivity contribution in [3.05, 3.63) is 0 Å². The maximum absolute atomic E-state index is 3.49. The van der Waals surface area contributed by atoms with E-state index in [-0.39, 0.29) is 0 Å². The van der Waals surface area contributed by atoms with Crippen LogP contribution < -0.4 is 5.32 Å². The van der Waals surface area contributed by atoms with Crippen LogP contribution in [0.4, 0.5) is 0 Å². The quantitative estimate of drug-likeness (QED) is 0.601. The minimum absolute atomic E-state index is 0.760. The van der Waals surface area contributed by atoms with Crippen LogP contribution in [0.5, 0.6) is 0 Å². The molecule has 0 aromatic heterocycles. The van der Waals surface area contributed by atoms with Gasteiger partial charge in [-0.15, -0.1) is 0 Å². The highest BCUT2D eigenvalue weighted by molar-refractivity contribution is 4.83. The third-order valence-corrected chi connectivity index (χ3v) is 4.79. The van der Waals surface area contributed by atoms with Crippen molar-refractivity contribution in [2.75, 3.05) is 26.7 Å². The second-order valence-electron chi connectivity index (χ2n) is 6.27. The van der Waals surface area contributed by atoms with Crippen LogP contribution >= 0.6 is 0 Å². The summed E-state index contributed by atoms with van der Waals surface area (Å²) in [5.41, 5.74) is 0. The van der Waals surface area contributed by atoms with E-state index < -0.39 is 0 Å². The van der Waals surface area contributed by atoms with Crippen molar-refractivity contribution in [1.82, 2.24) is 10.2 Å². The van der Waals surface area contributed by atoms with Gasteiger partial charge >= 0.3 is 0 Å². The monoisotopic (exact) mass is 268 g/mol. The van der Waals surface area contributed by atoms with E-state index >= 15 is 0 Å². The molecular formula is C17H36N2. The summed E-state index contributed by atoms with van der Waals surface area (Å²) in [6.45, 7) is 8.58. The minimum atomic E-state index is 0.760. The Hall–Kier alpha value is -0.0800. The molecule has 19 heavy (non-hydrogen) atoms. The molecule has 2 heteroatoms. The third kappa shape index (κ3) is 6.76. The van der Waals surface area contributed by atoms with Gasteiger partial charge in [-0.25, -0.2) is 0 Å². The lowest BCUT2D eigenvalue weighted by Gasteiger charge is -2.38.